The van der Waals surface area contributed by atoms with E-state index in [9.17, 15) is 5.26 Å². The van der Waals surface area contributed by atoms with Gasteiger partial charge >= 0.3 is 0 Å². The van der Waals surface area contributed by atoms with E-state index < -0.39 is 5.92 Å². The van der Waals surface area contributed by atoms with Gasteiger partial charge in [-0.3, -0.25) is 0 Å². The molecule has 1 aliphatic rings. The predicted octanol–water partition coefficient (Wildman–Crippen LogP) is 2.69. The maximum atomic E-state index is 9.22. The van der Waals surface area contributed by atoms with Crippen LogP contribution < -0.4 is 0 Å². The van der Waals surface area contributed by atoms with Gasteiger partial charge in [0.1, 0.15) is 11.6 Å². The first-order valence-corrected chi connectivity index (χ1v) is 6.82. The predicted molar refractivity (Wildman–Crippen MR) is 82.6 cm³/mol. The van der Waals surface area contributed by atoms with E-state index in [1.165, 1.54) is 0 Å². The van der Waals surface area contributed by atoms with E-state index in [1.807, 2.05) is 47.0 Å². The number of allylic oxidation sites excluding steroid dienone is 1. The highest BCUT2D eigenvalue weighted by molar-refractivity contribution is 5.70. The minimum absolute atomic E-state index is 0.0405. The summed E-state index contributed by atoms with van der Waals surface area (Å²) in [4.78, 5) is 1.99. The second-order valence-electron chi connectivity index (χ2n) is 5.18. The van der Waals surface area contributed by atoms with Crippen molar-refractivity contribution in [2.24, 2.45) is 5.92 Å². The number of rotatable bonds is 2. The number of aromatic nitrogens is 1. The number of nitrogens with zero attached hydrogens (tertiary/aromatic N) is 5. The zero-order valence-corrected chi connectivity index (χ0v) is 12.5. The van der Waals surface area contributed by atoms with Gasteiger partial charge in [-0.25, -0.2) is 0 Å². The molecule has 0 spiro atoms. The first-order valence-electron chi connectivity index (χ1n) is 6.82. The van der Waals surface area contributed by atoms with Crippen LogP contribution in [-0.2, 0) is 0 Å². The molecule has 1 aromatic rings. The van der Waals surface area contributed by atoms with Gasteiger partial charge in [0.2, 0.25) is 0 Å². The van der Waals surface area contributed by atoms with Crippen molar-refractivity contribution in [2.75, 3.05) is 13.6 Å². The maximum Gasteiger partial charge on any atom is 0.175 e. The number of hydrogen-bond donors (Lipinski definition) is 0. The van der Waals surface area contributed by atoms with E-state index >= 15 is 0 Å². The van der Waals surface area contributed by atoms with E-state index in [1.54, 1.807) is 6.20 Å². The Morgan fingerprint density at radius 1 is 1.41 bits per heavy atom. The molecule has 108 valence electrons. The molecule has 5 nitrogen and oxygen atoms in total. The van der Waals surface area contributed by atoms with Crippen LogP contribution in [0.15, 0.2) is 30.1 Å². The molecule has 0 N–H and O–H groups in total. The van der Waals surface area contributed by atoms with Gasteiger partial charge in [0.25, 0.3) is 0 Å². The molecule has 1 atom stereocenters. The van der Waals surface area contributed by atoms with Gasteiger partial charge in [0.05, 0.1) is 17.8 Å². The molecular formula is C17H15N5. The quantitative estimate of drug-likeness (QED) is 0.619. The summed E-state index contributed by atoms with van der Waals surface area (Å²) in [5.74, 6) is -0.804. The van der Waals surface area contributed by atoms with Crippen molar-refractivity contribution in [1.82, 2.24) is 9.47 Å². The highest BCUT2D eigenvalue weighted by atomic mass is 15.1. The van der Waals surface area contributed by atoms with Crippen LogP contribution in [0, 0.1) is 39.9 Å². The lowest BCUT2D eigenvalue weighted by Crippen LogP contribution is -2.28. The Morgan fingerprint density at radius 3 is 2.64 bits per heavy atom. The Kier molecular flexibility index (Phi) is 4.19. The van der Waals surface area contributed by atoms with E-state index in [-0.39, 0.29) is 5.57 Å². The summed E-state index contributed by atoms with van der Waals surface area (Å²) in [6.07, 6.45) is 3.65. The van der Waals surface area contributed by atoms with Gasteiger partial charge in [0.15, 0.2) is 5.92 Å². The van der Waals surface area contributed by atoms with Crippen molar-refractivity contribution >= 4 is 11.9 Å². The van der Waals surface area contributed by atoms with Crippen LogP contribution in [0.25, 0.3) is 11.9 Å². The van der Waals surface area contributed by atoms with Crippen LogP contribution in [0.5, 0.6) is 0 Å². The monoisotopic (exact) mass is 289 g/mol. The summed E-state index contributed by atoms with van der Waals surface area (Å²) in [7, 11) is 1.91. The second kappa shape index (κ2) is 6.06. The lowest BCUT2D eigenvalue weighted by molar-refractivity contribution is 0.421. The third-order valence-corrected chi connectivity index (χ3v) is 3.72. The Balaban J connectivity index is 2.74. The van der Waals surface area contributed by atoms with Crippen molar-refractivity contribution in [3.63, 3.8) is 0 Å². The highest BCUT2D eigenvalue weighted by Crippen LogP contribution is 2.35. The number of fused-ring (bicyclic) bond motifs is 1. The minimum atomic E-state index is -1.10. The number of nitriles is 3. The molecule has 0 saturated carbocycles. The van der Waals surface area contributed by atoms with Gasteiger partial charge in [-0.1, -0.05) is 19.2 Å². The van der Waals surface area contributed by atoms with Gasteiger partial charge < -0.3 is 9.47 Å². The van der Waals surface area contributed by atoms with Gasteiger partial charge in [0, 0.05) is 43.2 Å². The SMILES string of the molecule is C=Cn1ccc2c1C(C)CN(C)C2=C=C(C#N)C(C#N)C#N. The molecule has 0 amide bonds. The standard InChI is InChI=1S/C17H15N5/c1-4-22-6-5-15-16(21(3)11-12(2)17(15)22)7-13(8-18)14(9-19)10-20/h4-6,12,14H,1,11H2,2-3H3. The first-order chi connectivity index (χ1) is 10.6. The molecule has 22 heavy (non-hydrogen) atoms. The molecule has 0 aromatic carbocycles. The van der Waals surface area contributed by atoms with Crippen molar-refractivity contribution in [1.29, 1.82) is 15.8 Å². The zero-order chi connectivity index (χ0) is 16.3. The molecule has 0 radical (unpaired) electrons. The van der Waals surface area contributed by atoms with Crippen LogP contribution >= 0.6 is 0 Å². The van der Waals surface area contributed by atoms with Crippen LogP contribution in [0.1, 0.15) is 24.1 Å². The second-order valence-corrected chi connectivity index (χ2v) is 5.18. The van der Waals surface area contributed by atoms with Crippen molar-refractivity contribution in [3.05, 3.63) is 41.4 Å². The number of hydrogen-bond acceptors (Lipinski definition) is 4. The molecule has 1 aromatic heterocycles. The fourth-order valence-corrected chi connectivity index (χ4v) is 2.75. The van der Waals surface area contributed by atoms with Crippen molar-refractivity contribution < 1.29 is 0 Å². The van der Waals surface area contributed by atoms with Crippen molar-refractivity contribution in [3.8, 4) is 18.2 Å². The van der Waals surface area contributed by atoms with Crippen LogP contribution in [-0.4, -0.2) is 23.1 Å². The summed E-state index contributed by atoms with van der Waals surface area (Å²) < 4.78 is 1.95. The average molecular weight is 289 g/mol. The molecule has 1 unspecified atom stereocenters. The minimum Gasteiger partial charge on any atom is -0.367 e. The van der Waals surface area contributed by atoms with Crippen LogP contribution in [0.3, 0.4) is 0 Å². The topological polar surface area (TPSA) is 79.5 Å². The van der Waals surface area contributed by atoms with Gasteiger partial charge in [-0.15, -0.1) is 0 Å². The van der Waals surface area contributed by atoms with Gasteiger partial charge in [-0.2, -0.15) is 15.8 Å². The molecule has 0 saturated heterocycles. The van der Waals surface area contributed by atoms with E-state index in [4.69, 9.17) is 10.5 Å². The van der Waals surface area contributed by atoms with Crippen LogP contribution in [0.2, 0.25) is 0 Å². The van der Waals surface area contributed by atoms with Gasteiger partial charge in [-0.05, 0) is 6.07 Å². The summed E-state index contributed by atoms with van der Waals surface area (Å²) in [6, 6.07) is 7.50. The summed E-state index contributed by atoms with van der Waals surface area (Å²) in [6.45, 7) is 6.68. The maximum absolute atomic E-state index is 9.22. The van der Waals surface area contributed by atoms with Crippen LogP contribution in [0.4, 0.5) is 0 Å². The van der Waals surface area contributed by atoms with E-state index in [0.717, 1.165) is 23.5 Å². The first kappa shape index (κ1) is 15.2. The molecular weight excluding hydrogens is 274 g/mol. The molecule has 2 heterocycles. The fraction of sp³-hybridized carbons (Fsp3) is 0.294. The third kappa shape index (κ3) is 2.40. The zero-order valence-electron chi connectivity index (χ0n) is 12.5. The summed E-state index contributed by atoms with van der Waals surface area (Å²) in [5, 5.41) is 27.2. The highest BCUT2D eigenvalue weighted by Gasteiger charge is 2.27. The van der Waals surface area contributed by atoms with Crippen molar-refractivity contribution in [2.45, 2.75) is 12.8 Å². The molecule has 2 rings (SSSR count). The summed E-state index contributed by atoms with van der Waals surface area (Å²) >= 11 is 0. The smallest absolute Gasteiger partial charge is 0.175 e. The Labute approximate surface area is 129 Å². The average Bonchev–Trinajstić information content (AvgIpc) is 2.94. The number of likely N-dealkylation sites (N-methyl/N-ethyl adjacent to an activating group) is 1. The molecule has 5 heteroatoms. The Morgan fingerprint density at radius 2 is 2.09 bits per heavy atom. The molecule has 0 aliphatic carbocycles. The molecule has 0 bridgehead atoms. The lowest BCUT2D eigenvalue weighted by Gasteiger charge is -2.31. The normalized spacial score (nSPS) is 16.1. The Hall–Kier alpha value is -3.19. The third-order valence-electron chi connectivity index (χ3n) is 3.72. The fourth-order valence-electron chi connectivity index (χ4n) is 2.75. The lowest BCUT2D eigenvalue weighted by atomic mass is 9.94. The molecule has 1 aliphatic heterocycles. The largest absolute Gasteiger partial charge is 0.367 e. The Bertz CT molecular complexity index is 786. The molecule has 0 fully saturated rings. The van der Waals surface area contributed by atoms with E-state index in [0.29, 0.717) is 5.92 Å². The summed E-state index contributed by atoms with van der Waals surface area (Å²) in [5.41, 5.74) is 5.78. The van der Waals surface area contributed by atoms with E-state index in [2.05, 4.69) is 19.2 Å².